The number of aryl methyl sites for hydroxylation is 1. The van der Waals surface area contributed by atoms with Crippen LogP contribution in [0.25, 0.3) is 20.7 Å². The van der Waals surface area contributed by atoms with Crippen LogP contribution in [0.5, 0.6) is 0 Å². The molecule has 0 aliphatic carbocycles. The van der Waals surface area contributed by atoms with E-state index in [9.17, 15) is 0 Å². The zero-order valence-corrected chi connectivity index (χ0v) is 23.6. The molecule has 0 saturated carbocycles. The van der Waals surface area contributed by atoms with Crippen LogP contribution in [0.3, 0.4) is 0 Å². The SMILES string of the molecule is C=CCc1cc[n+](C)c(-c2sc3ccccc3c2C(C)C)c1.CC.CCC(C)CC(C)CC. The second kappa shape index (κ2) is 15.1. The van der Waals surface area contributed by atoms with E-state index in [-0.39, 0.29) is 0 Å². The van der Waals surface area contributed by atoms with Crippen LogP contribution in [0, 0.1) is 11.8 Å². The highest BCUT2D eigenvalue weighted by atomic mass is 32.1. The molecule has 2 heterocycles. The molecule has 3 aromatic rings. The molecule has 0 aliphatic rings. The van der Waals surface area contributed by atoms with Crippen LogP contribution in [-0.2, 0) is 13.5 Å². The average Bonchev–Trinajstić information content (AvgIpc) is 3.21. The number of fused-ring (bicyclic) bond motifs is 1. The molecule has 2 aromatic heterocycles. The van der Waals surface area contributed by atoms with Gasteiger partial charge in [0.2, 0.25) is 5.69 Å². The van der Waals surface area contributed by atoms with E-state index in [4.69, 9.17) is 0 Å². The van der Waals surface area contributed by atoms with Gasteiger partial charge in [-0.3, -0.25) is 0 Å². The first-order valence-corrected chi connectivity index (χ1v) is 13.7. The Kier molecular flexibility index (Phi) is 13.3. The summed E-state index contributed by atoms with van der Waals surface area (Å²) >= 11 is 1.90. The van der Waals surface area contributed by atoms with Crippen molar-refractivity contribution in [2.75, 3.05) is 0 Å². The van der Waals surface area contributed by atoms with E-state index in [0.29, 0.717) is 5.92 Å². The van der Waals surface area contributed by atoms with Crippen molar-refractivity contribution in [3.63, 3.8) is 0 Å². The largest absolute Gasteiger partial charge is 0.222 e. The molecule has 0 spiro atoms. The summed E-state index contributed by atoms with van der Waals surface area (Å²) < 4.78 is 3.60. The summed E-state index contributed by atoms with van der Waals surface area (Å²) in [6.07, 6.45) is 9.12. The third-order valence-corrected chi connectivity index (χ3v) is 7.45. The van der Waals surface area contributed by atoms with Gasteiger partial charge in [-0.05, 0) is 53.2 Å². The highest BCUT2D eigenvalue weighted by Gasteiger charge is 2.22. The fourth-order valence-electron chi connectivity index (χ4n) is 3.98. The maximum Gasteiger partial charge on any atom is 0.222 e. The molecule has 0 radical (unpaired) electrons. The predicted molar refractivity (Wildman–Crippen MR) is 151 cm³/mol. The van der Waals surface area contributed by atoms with Crippen molar-refractivity contribution in [3.8, 4) is 10.6 Å². The highest BCUT2D eigenvalue weighted by Crippen LogP contribution is 2.41. The summed E-state index contributed by atoms with van der Waals surface area (Å²) in [5.74, 6) is 2.37. The van der Waals surface area contributed by atoms with Crippen LogP contribution in [0.1, 0.15) is 91.7 Å². The molecule has 1 aromatic carbocycles. The van der Waals surface area contributed by atoms with Crippen LogP contribution in [-0.4, -0.2) is 0 Å². The van der Waals surface area contributed by atoms with Crippen molar-refractivity contribution >= 4 is 21.4 Å². The fraction of sp³-hybridized carbons (Fsp3) is 0.516. The first-order chi connectivity index (χ1) is 15.8. The van der Waals surface area contributed by atoms with Crippen LogP contribution < -0.4 is 4.57 Å². The first-order valence-electron chi connectivity index (χ1n) is 12.9. The van der Waals surface area contributed by atoms with Crippen molar-refractivity contribution in [2.24, 2.45) is 18.9 Å². The van der Waals surface area contributed by atoms with Gasteiger partial charge in [-0.25, -0.2) is 4.57 Å². The minimum atomic E-state index is 0.509. The number of hydrogen-bond acceptors (Lipinski definition) is 1. The van der Waals surface area contributed by atoms with E-state index in [2.05, 4.69) is 102 Å². The van der Waals surface area contributed by atoms with Crippen molar-refractivity contribution in [3.05, 3.63) is 66.4 Å². The average molecular weight is 467 g/mol. The van der Waals surface area contributed by atoms with E-state index in [1.807, 2.05) is 31.3 Å². The lowest BCUT2D eigenvalue weighted by Gasteiger charge is -2.12. The zero-order valence-electron chi connectivity index (χ0n) is 22.7. The van der Waals surface area contributed by atoms with E-state index in [0.717, 1.165) is 18.3 Å². The van der Waals surface area contributed by atoms with Gasteiger partial charge in [-0.15, -0.1) is 17.9 Å². The number of allylic oxidation sites excluding steroid dienone is 1. The maximum absolute atomic E-state index is 3.86. The van der Waals surface area contributed by atoms with E-state index >= 15 is 0 Å². The Morgan fingerprint density at radius 1 is 0.970 bits per heavy atom. The Balaban J connectivity index is 0.000000420. The number of pyridine rings is 1. The molecular weight excluding hydrogens is 418 g/mol. The third-order valence-electron chi connectivity index (χ3n) is 6.24. The Morgan fingerprint density at radius 3 is 2.12 bits per heavy atom. The van der Waals surface area contributed by atoms with Crippen molar-refractivity contribution in [1.82, 2.24) is 0 Å². The standard InChI is InChI=1S/C20H22NS.C9H20.C2H6/c1-5-8-15-11-12-21(4)17(13-15)20-19(14(2)3)16-9-6-7-10-18(16)22-20;1-5-8(3)7-9(4)6-2;1-2/h5-7,9-14H,1,8H2,2-4H3;8-9H,5-7H2,1-4H3;1-2H3/q+1;;. The van der Waals surface area contributed by atoms with Gasteiger partial charge >= 0.3 is 0 Å². The fourth-order valence-corrected chi connectivity index (χ4v) is 5.40. The molecule has 2 unspecified atom stereocenters. The van der Waals surface area contributed by atoms with Gasteiger partial charge in [0.1, 0.15) is 11.9 Å². The van der Waals surface area contributed by atoms with Crippen molar-refractivity contribution in [2.45, 2.75) is 87.0 Å². The minimum Gasteiger partial charge on any atom is -0.200 e. The summed E-state index contributed by atoms with van der Waals surface area (Å²) in [7, 11) is 2.13. The van der Waals surface area contributed by atoms with Gasteiger partial charge < -0.3 is 0 Å². The molecule has 3 rings (SSSR count). The second-order valence-electron chi connectivity index (χ2n) is 9.28. The molecule has 2 heteroatoms. The van der Waals surface area contributed by atoms with E-state index < -0.39 is 0 Å². The molecule has 0 amide bonds. The molecule has 0 aliphatic heterocycles. The molecule has 2 atom stereocenters. The van der Waals surface area contributed by atoms with Gasteiger partial charge in [0.25, 0.3) is 0 Å². The van der Waals surface area contributed by atoms with Crippen LogP contribution in [0.15, 0.2) is 55.3 Å². The topological polar surface area (TPSA) is 3.88 Å². The summed E-state index contributed by atoms with van der Waals surface area (Å²) in [5.41, 5.74) is 4.08. The smallest absolute Gasteiger partial charge is 0.200 e. The minimum absolute atomic E-state index is 0.509. The van der Waals surface area contributed by atoms with E-state index in [1.165, 1.54) is 51.0 Å². The monoisotopic (exact) mass is 466 g/mol. The predicted octanol–water partition coefficient (Wildman–Crippen LogP) is 9.74. The van der Waals surface area contributed by atoms with Gasteiger partial charge in [-0.1, -0.05) is 92.5 Å². The second-order valence-corrected chi connectivity index (χ2v) is 10.3. The van der Waals surface area contributed by atoms with Gasteiger partial charge in [-0.2, -0.15) is 0 Å². The van der Waals surface area contributed by atoms with Gasteiger partial charge in [0.15, 0.2) is 6.20 Å². The lowest BCUT2D eigenvalue weighted by Crippen LogP contribution is -2.30. The maximum atomic E-state index is 3.86. The van der Waals surface area contributed by atoms with Crippen LogP contribution >= 0.6 is 11.3 Å². The van der Waals surface area contributed by atoms with Crippen molar-refractivity contribution < 1.29 is 4.57 Å². The molecule has 0 saturated heterocycles. The summed E-state index contributed by atoms with van der Waals surface area (Å²) in [5, 5.41) is 1.40. The van der Waals surface area contributed by atoms with Crippen LogP contribution in [0.2, 0.25) is 0 Å². The van der Waals surface area contributed by atoms with Gasteiger partial charge in [0, 0.05) is 16.8 Å². The molecular formula is C31H48NS+. The molecule has 0 bridgehead atoms. The number of aromatic nitrogens is 1. The number of thiophene rings is 1. The summed E-state index contributed by atoms with van der Waals surface area (Å²) in [4.78, 5) is 1.39. The summed E-state index contributed by atoms with van der Waals surface area (Å²) in [6.45, 7) is 21.6. The zero-order chi connectivity index (χ0) is 25.0. The highest BCUT2D eigenvalue weighted by molar-refractivity contribution is 7.22. The third kappa shape index (κ3) is 8.41. The Labute approximate surface area is 208 Å². The number of benzene rings is 1. The van der Waals surface area contributed by atoms with Crippen LogP contribution in [0.4, 0.5) is 0 Å². The quantitative estimate of drug-likeness (QED) is 0.230. The Morgan fingerprint density at radius 2 is 1.58 bits per heavy atom. The number of rotatable bonds is 8. The first kappa shape index (κ1) is 29.1. The number of hydrogen-bond donors (Lipinski definition) is 0. The Bertz CT molecular complexity index is 958. The molecule has 0 fully saturated rings. The molecule has 1 nitrogen and oxygen atoms in total. The van der Waals surface area contributed by atoms with Gasteiger partial charge in [0.05, 0.1) is 0 Å². The normalized spacial score (nSPS) is 12.4. The molecule has 33 heavy (non-hydrogen) atoms. The summed E-state index contributed by atoms with van der Waals surface area (Å²) in [6, 6.07) is 13.2. The number of nitrogens with zero attached hydrogens (tertiary/aromatic N) is 1. The van der Waals surface area contributed by atoms with Crippen molar-refractivity contribution in [1.29, 1.82) is 0 Å². The molecule has 182 valence electrons. The lowest BCUT2D eigenvalue weighted by atomic mass is 9.94. The Hall–Kier alpha value is -1.93. The lowest BCUT2D eigenvalue weighted by molar-refractivity contribution is -0.660. The van der Waals surface area contributed by atoms with E-state index in [1.54, 1.807) is 0 Å². The molecule has 0 N–H and O–H groups in total.